The molecule has 28 heavy (non-hydrogen) atoms. The van der Waals surface area contributed by atoms with Crippen LogP contribution in [0.1, 0.15) is 32.6 Å². The third kappa shape index (κ3) is 3.66. The molecule has 0 bridgehead atoms. The van der Waals surface area contributed by atoms with Crippen molar-refractivity contribution >= 4 is 35.0 Å². The highest BCUT2D eigenvalue weighted by Crippen LogP contribution is 2.38. The van der Waals surface area contributed by atoms with E-state index < -0.39 is 0 Å². The summed E-state index contributed by atoms with van der Waals surface area (Å²) in [5.41, 5.74) is 9.36. The number of ether oxygens (including phenoxy) is 1. The highest BCUT2D eigenvalue weighted by atomic mass is 35.5. The van der Waals surface area contributed by atoms with Crippen molar-refractivity contribution in [1.82, 2.24) is 0 Å². The maximum atomic E-state index is 13.4. The SMILES string of the molecule is COc1cc(C(=O)c2c(NCCN)oc3c(O)c(C)ccc23)cc(C)c1C.Cl. The van der Waals surface area contributed by atoms with Gasteiger partial charge in [-0.1, -0.05) is 6.07 Å². The minimum absolute atomic E-state index is 0. The van der Waals surface area contributed by atoms with Crippen LogP contribution in [0.4, 0.5) is 5.88 Å². The van der Waals surface area contributed by atoms with Crippen LogP contribution in [0, 0.1) is 20.8 Å². The van der Waals surface area contributed by atoms with Gasteiger partial charge in [-0.2, -0.15) is 0 Å². The number of ketones is 1. The highest BCUT2D eigenvalue weighted by Gasteiger charge is 2.25. The molecule has 0 aliphatic heterocycles. The Kier molecular flexibility index (Phi) is 6.59. The lowest BCUT2D eigenvalue weighted by molar-refractivity contribution is 0.104. The Balaban J connectivity index is 0.00000280. The number of carbonyl (C=O) groups excluding carboxylic acids is 1. The molecule has 0 amide bonds. The van der Waals surface area contributed by atoms with E-state index in [2.05, 4.69) is 5.32 Å². The van der Waals surface area contributed by atoms with Crippen molar-refractivity contribution in [3.8, 4) is 11.5 Å². The Bertz CT molecular complexity index is 1030. The smallest absolute Gasteiger partial charge is 0.205 e. The minimum Gasteiger partial charge on any atom is -0.504 e. The number of halogens is 1. The van der Waals surface area contributed by atoms with Crippen molar-refractivity contribution < 1.29 is 19.1 Å². The molecule has 0 aliphatic rings. The van der Waals surface area contributed by atoms with Gasteiger partial charge in [0.1, 0.15) is 5.75 Å². The lowest BCUT2D eigenvalue weighted by Crippen LogP contribution is -2.14. The second-order valence-corrected chi connectivity index (χ2v) is 6.58. The van der Waals surface area contributed by atoms with Gasteiger partial charge in [-0.3, -0.25) is 4.79 Å². The fourth-order valence-corrected chi connectivity index (χ4v) is 3.10. The molecular formula is C21H25ClN2O4. The van der Waals surface area contributed by atoms with Crippen molar-refractivity contribution in [2.45, 2.75) is 20.8 Å². The molecule has 4 N–H and O–H groups in total. The average molecular weight is 405 g/mol. The van der Waals surface area contributed by atoms with Gasteiger partial charge in [0.05, 0.1) is 12.7 Å². The van der Waals surface area contributed by atoms with Gasteiger partial charge in [-0.25, -0.2) is 0 Å². The van der Waals surface area contributed by atoms with Crippen LogP contribution in [-0.4, -0.2) is 31.1 Å². The van der Waals surface area contributed by atoms with Gasteiger partial charge in [0, 0.05) is 24.0 Å². The molecule has 2 aromatic carbocycles. The van der Waals surface area contributed by atoms with Crippen molar-refractivity contribution in [2.75, 3.05) is 25.5 Å². The summed E-state index contributed by atoms with van der Waals surface area (Å²) in [5, 5.41) is 14.0. The first-order chi connectivity index (χ1) is 12.9. The monoisotopic (exact) mass is 404 g/mol. The summed E-state index contributed by atoms with van der Waals surface area (Å²) in [5.74, 6) is 0.776. The fraction of sp³-hybridized carbons (Fsp3) is 0.286. The maximum Gasteiger partial charge on any atom is 0.205 e. The van der Waals surface area contributed by atoms with Gasteiger partial charge in [0.25, 0.3) is 0 Å². The van der Waals surface area contributed by atoms with E-state index >= 15 is 0 Å². The van der Waals surface area contributed by atoms with Gasteiger partial charge in [-0.15, -0.1) is 12.4 Å². The second kappa shape index (κ2) is 8.54. The summed E-state index contributed by atoms with van der Waals surface area (Å²) in [6.07, 6.45) is 0. The van der Waals surface area contributed by atoms with E-state index in [1.807, 2.05) is 19.9 Å². The number of nitrogens with two attached hydrogens (primary N) is 1. The number of carbonyl (C=O) groups is 1. The number of nitrogens with one attached hydrogen (secondary N) is 1. The molecule has 3 aromatic rings. The molecule has 7 heteroatoms. The Labute approximate surface area is 170 Å². The summed E-state index contributed by atoms with van der Waals surface area (Å²) in [4.78, 5) is 13.4. The summed E-state index contributed by atoms with van der Waals surface area (Å²) in [6.45, 7) is 6.48. The number of methoxy groups -OCH3 is 1. The van der Waals surface area contributed by atoms with E-state index in [-0.39, 0.29) is 29.5 Å². The number of phenolic OH excluding ortho intramolecular Hbond substituents is 1. The number of hydrogen-bond acceptors (Lipinski definition) is 6. The van der Waals surface area contributed by atoms with Crippen molar-refractivity contribution in [3.63, 3.8) is 0 Å². The maximum absolute atomic E-state index is 13.4. The van der Waals surface area contributed by atoms with Crippen LogP contribution < -0.4 is 15.8 Å². The van der Waals surface area contributed by atoms with E-state index in [1.54, 1.807) is 32.2 Å². The van der Waals surface area contributed by atoms with Gasteiger partial charge < -0.3 is 25.3 Å². The number of phenols is 1. The summed E-state index contributed by atoms with van der Waals surface area (Å²) < 4.78 is 11.2. The zero-order valence-corrected chi connectivity index (χ0v) is 17.2. The molecule has 0 fully saturated rings. The number of hydrogen-bond donors (Lipinski definition) is 3. The Morgan fingerprint density at radius 3 is 2.57 bits per heavy atom. The van der Waals surface area contributed by atoms with Gasteiger partial charge in [0.15, 0.2) is 17.1 Å². The predicted octanol–water partition coefficient (Wildman–Crippen LogP) is 4.10. The van der Waals surface area contributed by atoms with Crippen LogP contribution in [-0.2, 0) is 0 Å². The molecule has 1 aromatic heterocycles. The first-order valence-electron chi connectivity index (χ1n) is 8.78. The number of rotatable bonds is 6. The molecule has 0 saturated heterocycles. The minimum atomic E-state index is -0.210. The Morgan fingerprint density at radius 1 is 1.21 bits per heavy atom. The summed E-state index contributed by atoms with van der Waals surface area (Å²) in [7, 11) is 1.58. The van der Waals surface area contributed by atoms with Crippen molar-refractivity contribution in [3.05, 3.63) is 52.1 Å². The number of aryl methyl sites for hydroxylation is 2. The molecule has 0 aliphatic carbocycles. The van der Waals surface area contributed by atoms with E-state index in [0.717, 1.165) is 11.1 Å². The van der Waals surface area contributed by atoms with Crippen LogP contribution in [0.2, 0.25) is 0 Å². The average Bonchev–Trinajstić information content (AvgIpc) is 3.03. The van der Waals surface area contributed by atoms with E-state index in [0.29, 0.717) is 46.8 Å². The normalized spacial score (nSPS) is 10.6. The molecule has 3 rings (SSSR count). The van der Waals surface area contributed by atoms with Gasteiger partial charge >= 0.3 is 0 Å². The highest BCUT2D eigenvalue weighted by molar-refractivity contribution is 6.20. The molecule has 0 saturated carbocycles. The molecule has 0 radical (unpaired) electrons. The first-order valence-corrected chi connectivity index (χ1v) is 8.78. The van der Waals surface area contributed by atoms with Crippen LogP contribution in [0.25, 0.3) is 11.0 Å². The predicted molar refractivity (Wildman–Crippen MR) is 113 cm³/mol. The van der Waals surface area contributed by atoms with Gasteiger partial charge in [-0.05, 0) is 55.7 Å². The van der Waals surface area contributed by atoms with E-state index in [4.69, 9.17) is 14.9 Å². The quantitative estimate of drug-likeness (QED) is 0.535. The lowest BCUT2D eigenvalue weighted by atomic mass is 9.97. The van der Waals surface area contributed by atoms with E-state index in [9.17, 15) is 9.90 Å². The molecule has 0 atom stereocenters. The fourth-order valence-electron chi connectivity index (χ4n) is 3.10. The Morgan fingerprint density at radius 2 is 1.93 bits per heavy atom. The van der Waals surface area contributed by atoms with Gasteiger partial charge in [0.2, 0.25) is 5.88 Å². The number of fused-ring (bicyclic) bond motifs is 1. The number of aromatic hydroxyl groups is 1. The van der Waals surface area contributed by atoms with Crippen LogP contribution >= 0.6 is 12.4 Å². The third-order valence-electron chi connectivity index (χ3n) is 4.79. The standard InChI is InChI=1S/C21H24N2O4.ClH/c1-11-5-6-15-17(21(23-8-7-22)27-20(15)18(11)24)19(25)14-9-12(2)13(3)16(10-14)26-4;/h5-6,9-10,23-24H,7-8,22H2,1-4H3;1H. The Hall–Kier alpha value is -2.70. The van der Waals surface area contributed by atoms with E-state index in [1.165, 1.54) is 0 Å². The molecular weight excluding hydrogens is 380 g/mol. The third-order valence-corrected chi connectivity index (χ3v) is 4.79. The topological polar surface area (TPSA) is 97.7 Å². The summed E-state index contributed by atoms with van der Waals surface area (Å²) in [6, 6.07) is 7.11. The lowest BCUT2D eigenvalue weighted by Gasteiger charge is -2.11. The number of anilines is 1. The first kappa shape index (κ1) is 21.6. The van der Waals surface area contributed by atoms with Crippen LogP contribution in [0.3, 0.4) is 0 Å². The molecule has 150 valence electrons. The number of benzene rings is 2. The van der Waals surface area contributed by atoms with Crippen molar-refractivity contribution in [2.24, 2.45) is 5.73 Å². The molecule has 6 nitrogen and oxygen atoms in total. The molecule has 0 spiro atoms. The largest absolute Gasteiger partial charge is 0.504 e. The zero-order chi connectivity index (χ0) is 19.7. The van der Waals surface area contributed by atoms with Crippen molar-refractivity contribution in [1.29, 1.82) is 0 Å². The molecule has 1 heterocycles. The zero-order valence-electron chi connectivity index (χ0n) is 16.4. The molecule has 0 unspecified atom stereocenters. The summed E-state index contributed by atoms with van der Waals surface area (Å²) >= 11 is 0. The van der Waals surface area contributed by atoms with Crippen LogP contribution in [0.5, 0.6) is 11.5 Å². The van der Waals surface area contributed by atoms with Crippen LogP contribution in [0.15, 0.2) is 28.7 Å². The second-order valence-electron chi connectivity index (χ2n) is 6.58. The number of furan rings is 1.